The standard InChI is InChI=1S/C13H13Br2N3/c1-16-12(7-10-4-2-3-5-17-10)13-11(15)6-9(14)8-18-13/h2-6,8,12,16H,7H2,1H3. The van der Waals surface area contributed by atoms with Crippen molar-refractivity contribution < 1.29 is 0 Å². The van der Waals surface area contributed by atoms with Crippen molar-refractivity contribution in [2.45, 2.75) is 12.5 Å². The van der Waals surface area contributed by atoms with E-state index in [0.29, 0.717) is 0 Å². The molecule has 0 radical (unpaired) electrons. The van der Waals surface area contributed by atoms with Crippen molar-refractivity contribution in [3.05, 3.63) is 57.0 Å². The van der Waals surface area contributed by atoms with Crippen LogP contribution in [0.4, 0.5) is 0 Å². The van der Waals surface area contributed by atoms with Crippen LogP contribution in [0.1, 0.15) is 17.4 Å². The zero-order valence-electron chi connectivity index (χ0n) is 9.90. The summed E-state index contributed by atoms with van der Waals surface area (Å²) in [5.74, 6) is 0. The summed E-state index contributed by atoms with van der Waals surface area (Å²) in [5, 5.41) is 3.28. The lowest BCUT2D eigenvalue weighted by Gasteiger charge is -2.16. The monoisotopic (exact) mass is 369 g/mol. The first-order chi connectivity index (χ1) is 8.70. The second kappa shape index (κ2) is 6.41. The van der Waals surface area contributed by atoms with Gasteiger partial charge in [0.2, 0.25) is 0 Å². The van der Waals surface area contributed by atoms with Crippen LogP contribution >= 0.6 is 31.9 Å². The van der Waals surface area contributed by atoms with E-state index in [1.54, 1.807) is 0 Å². The number of nitrogens with zero attached hydrogens (tertiary/aromatic N) is 2. The average Bonchev–Trinajstić information content (AvgIpc) is 2.38. The quantitative estimate of drug-likeness (QED) is 0.894. The Kier molecular flexibility index (Phi) is 4.86. The van der Waals surface area contributed by atoms with Gasteiger partial charge in [-0.25, -0.2) is 0 Å². The van der Waals surface area contributed by atoms with Crippen LogP contribution in [-0.2, 0) is 6.42 Å². The molecule has 0 aromatic carbocycles. The Bertz CT molecular complexity index is 517. The summed E-state index contributed by atoms with van der Waals surface area (Å²) in [6.07, 6.45) is 4.43. The fraction of sp³-hybridized carbons (Fsp3) is 0.231. The average molecular weight is 371 g/mol. The molecule has 0 spiro atoms. The van der Waals surface area contributed by atoms with Crippen LogP contribution in [0.15, 0.2) is 45.6 Å². The highest BCUT2D eigenvalue weighted by Gasteiger charge is 2.15. The van der Waals surface area contributed by atoms with Gasteiger partial charge in [-0.2, -0.15) is 0 Å². The van der Waals surface area contributed by atoms with Gasteiger partial charge in [0.15, 0.2) is 0 Å². The first-order valence-corrected chi connectivity index (χ1v) is 7.17. The predicted octanol–water partition coefficient (Wildman–Crippen LogP) is 3.50. The first-order valence-electron chi connectivity index (χ1n) is 5.59. The van der Waals surface area contributed by atoms with Gasteiger partial charge in [0.1, 0.15) is 0 Å². The SMILES string of the molecule is CNC(Cc1ccccn1)c1ncc(Br)cc1Br. The number of aromatic nitrogens is 2. The summed E-state index contributed by atoms with van der Waals surface area (Å²) in [6.45, 7) is 0. The molecule has 2 aromatic rings. The van der Waals surface area contributed by atoms with Gasteiger partial charge in [-0.3, -0.25) is 9.97 Å². The van der Waals surface area contributed by atoms with E-state index < -0.39 is 0 Å². The maximum atomic E-state index is 4.46. The van der Waals surface area contributed by atoms with Gasteiger partial charge in [0, 0.05) is 33.5 Å². The van der Waals surface area contributed by atoms with Crippen LogP contribution in [-0.4, -0.2) is 17.0 Å². The Labute approximate surface area is 123 Å². The van der Waals surface area contributed by atoms with Crippen molar-refractivity contribution in [2.24, 2.45) is 0 Å². The summed E-state index contributed by atoms with van der Waals surface area (Å²) < 4.78 is 1.96. The molecule has 5 heteroatoms. The van der Waals surface area contributed by atoms with Gasteiger partial charge in [0.25, 0.3) is 0 Å². The molecule has 3 nitrogen and oxygen atoms in total. The van der Waals surface area contributed by atoms with Crippen molar-refractivity contribution in [1.29, 1.82) is 0 Å². The fourth-order valence-corrected chi connectivity index (χ4v) is 3.01. The molecule has 0 aliphatic heterocycles. The van der Waals surface area contributed by atoms with Crippen LogP contribution in [0.3, 0.4) is 0 Å². The summed E-state index contributed by atoms with van der Waals surface area (Å²) in [5.41, 5.74) is 2.04. The van der Waals surface area contributed by atoms with Gasteiger partial charge >= 0.3 is 0 Å². The Hall–Kier alpha value is -0.780. The molecule has 0 aliphatic carbocycles. The van der Waals surface area contributed by atoms with E-state index >= 15 is 0 Å². The second-order valence-electron chi connectivity index (χ2n) is 3.89. The molecule has 0 bridgehead atoms. The van der Waals surface area contributed by atoms with Crippen LogP contribution in [0.2, 0.25) is 0 Å². The van der Waals surface area contributed by atoms with E-state index in [9.17, 15) is 0 Å². The lowest BCUT2D eigenvalue weighted by Crippen LogP contribution is -2.21. The number of rotatable bonds is 4. The molecule has 1 atom stereocenters. The molecular formula is C13H13Br2N3. The lowest BCUT2D eigenvalue weighted by molar-refractivity contribution is 0.566. The van der Waals surface area contributed by atoms with Crippen LogP contribution in [0.5, 0.6) is 0 Å². The van der Waals surface area contributed by atoms with Gasteiger partial charge in [-0.05, 0) is 57.1 Å². The molecule has 2 aromatic heterocycles. The van der Waals surface area contributed by atoms with Crippen molar-refractivity contribution >= 4 is 31.9 Å². The minimum atomic E-state index is 0.141. The Morgan fingerprint density at radius 1 is 1.28 bits per heavy atom. The minimum absolute atomic E-state index is 0.141. The number of halogens is 2. The molecule has 0 fully saturated rings. The smallest absolute Gasteiger partial charge is 0.0719 e. The van der Waals surface area contributed by atoms with E-state index in [1.807, 2.05) is 43.7 Å². The van der Waals surface area contributed by atoms with E-state index in [-0.39, 0.29) is 6.04 Å². The topological polar surface area (TPSA) is 37.8 Å². The first kappa shape index (κ1) is 13.6. The molecule has 0 amide bonds. The molecular weight excluding hydrogens is 358 g/mol. The van der Waals surface area contributed by atoms with Crippen LogP contribution < -0.4 is 5.32 Å². The third-order valence-corrected chi connectivity index (χ3v) is 3.72. The summed E-state index contributed by atoms with van der Waals surface area (Å²) >= 11 is 6.96. The third-order valence-electron chi connectivity index (χ3n) is 2.65. The maximum absolute atomic E-state index is 4.46. The molecule has 1 unspecified atom stereocenters. The van der Waals surface area contributed by atoms with Gasteiger partial charge < -0.3 is 5.32 Å². The normalized spacial score (nSPS) is 12.4. The zero-order valence-corrected chi connectivity index (χ0v) is 13.1. The van der Waals surface area contributed by atoms with E-state index in [2.05, 4.69) is 47.1 Å². The summed E-state index contributed by atoms with van der Waals surface area (Å²) in [6, 6.07) is 8.09. The molecule has 0 aliphatic rings. The molecule has 1 N–H and O–H groups in total. The highest BCUT2D eigenvalue weighted by molar-refractivity contribution is 9.11. The minimum Gasteiger partial charge on any atom is -0.311 e. The van der Waals surface area contributed by atoms with E-state index in [0.717, 1.165) is 26.8 Å². The number of nitrogens with one attached hydrogen (secondary N) is 1. The van der Waals surface area contributed by atoms with Gasteiger partial charge in [-0.15, -0.1) is 0 Å². The highest BCUT2D eigenvalue weighted by atomic mass is 79.9. The molecule has 0 saturated carbocycles. The van der Waals surface area contributed by atoms with E-state index in [1.165, 1.54) is 0 Å². The zero-order chi connectivity index (χ0) is 13.0. The molecule has 0 saturated heterocycles. The predicted molar refractivity (Wildman–Crippen MR) is 79.4 cm³/mol. The van der Waals surface area contributed by atoms with Crippen LogP contribution in [0.25, 0.3) is 0 Å². The van der Waals surface area contributed by atoms with Gasteiger partial charge in [-0.1, -0.05) is 6.07 Å². The molecule has 94 valence electrons. The Morgan fingerprint density at radius 2 is 2.11 bits per heavy atom. The number of hydrogen-bond donors (Lipinski definition) is 1. The molecule has 2 heterocycles. The fourth-order valence-electron chi connectivity index (χ4n) is 1.75. The van der Waals surface area contributed by atoms with E-state index in [4.69, 9.17) is 0 Å². The summed E-state index contributed by atoms with van der Waals surface area (Å²) in [7, 11) is 1.93. The maximum Gasteiger partial charge on any atom is 0.0719 e. The number of likely N-dealkylation sites (N-methyl/N-ethyl adjacent to an activating group) is 1. The Balaban J connectivity index is 2.23. The lowest BCUT2D eigenvalue weighted by atomic mass is 10.1. The van der Waals surface area contributed by atoms with Crippen molar-refractivity contribution in [2.75, 3.05) is 7.05 Å². The summed E-state index contributed by atoms with van der Waals surface area (Å²) in [4.78, 5) is 8.81. The van der Waals surface area contributed by atoms with Crippen molar-refractivity contribution in [1.82, 2.24) is 15.3 Å². The molecule has 18 heavy (non-hydrogen) atoms. The van der Waals surface area contributed by atoms with Crippen LogP contribution in [0, 0.1) is 0 Å². The number of pyridine rings is 2. The Morgan fingerprint density at radius 3 is 2.72 bits per heavy atom. The molecule has 2 rings (SSSR count). The van der Waals surface area contributed by atoms with Gasteiger partial charge in [0.05, 0.1) is 11.7 Å². The second-order valence-corrected chi connectivity index (χ2v) is 5.66. The van der Waals surface area contributed by atoms with Crippen molar-refractivity contribution in [3.63, 3.8) is 0 Å². The third kappa shape index (κ3) is 3.37. The highest BCUT2D eigenvalue weighted by Crippen LogP contribution is 2.26. The number of hydrogen-bond acceptors (Lipinski definition) is 3. The largest absolute Gasteiger partial charge is 0.311 e. The van der Waals surface area contributed by atoms with Crippen molar-refractivity contribution in [3.8, 4) is 0 Å².